The Bertz CT molecular complexity index is 1090. The number of aliphatic hydroxyl groups excluding tert-OH is 2. The van der Waals surface area contributed by atoms with E-state index in [0.717, 1.165) is 5.56 Å². The van der Waals surface area contributed by atoms with E-state index < -0.39 is 38.2 Å². The number of nitrogens with zero attached hydrogens (tertiary/aromatic N) is 1. The van der Waals surface area contributed by atoms with Gasteiger partial charge in [0, 0.05) is 49.3 Å². The van der Waals surface area contributed by atoms with Crippen molar-refractivity contribution in [3.8, 4) is 5.75 Å². The number of carbonyl (C=O) groups is 2. The van der Waals surface area contributed by atoms with Crippen molar-refractivity contribution in [2.24, 2.45) is 5.92 Å². The SMILES string of the molecule is CO[C@H]1c2cc(NC(=O)[C@H](C)O)ccc2O[C@@H](C(CC(=O)N(CCO)Cc2ccccc2)[Si](C)(C)F)[C@@H]1C. The lowest BCUT2D eigenvalue weighted by Crippen LogP contribution is -2.48. The van der Waals surface area contributed by atoms with E-state index in [2.05, 4.69) is 5.32 Å². The predicted octanol–water partition coefficient (Wildman–Crippen LogP) is 4.05. The van der Waals surface area contributed by atoms with Crippen LogP contribution >= 0.6 is 0 Å². The largest absolute Gasteiger partial charge is 0.490 e. The molecule has 10 heteroatoms. The minimum Gasteiger partial charge on any atom is -0.490 e. The number of halogens is 1. The number of amides is 2. The summed E-state index contributed by atoms with van der Waals surface area (Å²) in [5, 5.41) is 21.8. The van der Waals surface area contributed by atoms with Crippen molar-refractivity contribution in [1.29, 1.82) is 0 Å². The zero-order chi connectivity index (χ0) is 28.0. The molecule has 2 aromatic rings. The molecule has 0 radical (unpaired) electrons. The van der Waals surface area contributed by atoms with Gasteiger partial charge >= 0.3 is 0 Å². The maximum Gasteiger partial charge on any atom is 0.252 e. The Morgan fingerprint density at radius 3 is 2.47 bits per heavy atom. The maximum atomic E-state index is 15.9. The van der Waals surface area contributed by atoms with E-state index in [1.807, 2.05) is 37.3 Å². The second-order valence-corrected chi connectivity index (χ2v) is 14.3. The molecule has 0 saturated carbocycles. The van der Waals surface area contributed by atoms with Crippen LogP contribution in [0.2, 0.25) is 18.6 Å². The number of ether oxygens (including phenoxy) is 2. The number of methoxy groups -OCH3 is 1. The Morgan fingerprint density at radius 2 is 1.89 bits per heavy atom. The average Bonchev–Trinajstić information content (AvgIpc) is 2.86. The molecule has 0 bridgehead atoms. The summed E-state index contributed by atoms with van der Waals surface area (Å²) < 4.78 is 28.1. The van der Waals surface area contributed by atoms with Crippen LogP contribution in [-0.4, -0.2) is 67.8 Å². The van der Waals surface area contributed by atoms with E-state index >= 15 is 4.11 Å². The Kier molecular flexibility index (Phi) is 10.1. The zero-order valence-electron chi connectivity index (χ0n) is 22.7. The highest BCUT2D eigenvalue weighted by molar-refractivity contribution is 6.72. The molecule has 1 aliphatic heterocycles. The topological polar surface area (TPSA) is 108 Å². The Labute approximate surface area is 224 Å². The number of nitrogens with one attached hydrogen (secondary N) is 1. The quantitative estimate of drug-likeness (QED) is 0.290. The molecule has 38 heavy (non-hydrogen) atoms. The number of hydrogen-bond acceptors (Lipinski definition) is 6. The number of fused-ring (bicyclic) bond motifs is 1. The zero-order valence-corrected chi connectivity index (χ0v) is 23.7. The van der Waals surface area contributed by atoms with Crippen LogP contribution in [0, 0.1) is 5.92 Å². The van der Waals surface area contributed by atoms with E-state index in [1.54, 1.807) is 43.3 Å². The monoisotopic (exact) mass is 546 g/mol. The van der Waals surface area contributed by atoms with E-state index in [1.165, 1.54) is 6.92 Å². The van der Waals surface area contributed by atoms with Gasteiger partial charge in [0.1, 0.15) is 18.0 Å². The van der Waals surface area contributed by atoms with Crippen LogP contribution in [0.5, 0.6) is 5.75 Å². The Balaban J connectivity index is 1.87. The third-order valence-corrected chi connectivity index (χ3v) is 9.38. The lowest BCUT2D eigenvalue weighted by Gasteiger charge is -2.43. The first-order valence-corrected chi connectivity index (χ1v) is 15.9. The normalized spacial score (nSPS) is 20.6. The van der Waals surface area contributed by atoms with Gasteiger partial charge in [-0.25, -0.2) is 0 Å². The molecule has 0 spiro atoms. The molecule has 0 saturated heterocycles. The van der Waals surface area contributed by atoms with Crippen molar-refractivity contribution < 1.29 is 33.4 Å². The Hall–Kier alpha value is -2.79. The second kappa shape index (κ2) is 12.8. The van der Waals surface area contributed by atoms with Crippen LogP contribution in [0.15, 0.2) is 48.5 Å². The molecular weight excluding hydrogens is 507 g/mol. The summed E-state index contributed by atoms with van der Waals surface area (Å²) in [5.74, 6) is -0.565. The maximum absolute atomic E-state index is 15.9. The van der Waals surface area contributed by atoms with E-state index in [0.29, 0.717) is 23.5 Å². The first-order valence-electron chi connectivity index (χ1n) is 12.9. The van der Waals surface area contributed by atoms with Crippen LogP contribution in [0.25, 0.3) is 0 Å². The van der Waals surface area contributed by atoms with Crippen LogP contribution in [0.1, 0.15) is 37.5 Å². The van der Waals surface area contributed by atoms with Crippen molar-refractivity contribution >= 4 is 25.9 Å². The van der Waals surface area contributed by atoms with Gasteiger partial charge in [-0.1, -0.05) is 37.3 Å². The molecule has 0 fully saturated rings. The fourth-order valence-corrected chi connectivity index (χ4v) is 6.80. The average molecular weight is 547 g/mol. The lowest BCUT2D eigenvalue weighted by atomic mass is 9.86. The minimum atomic E-state index is -3.42. The second-order valence-electron chi connectivity index (χ2n) is 10.4. The molecule has 8 nitrogen and oxygen atoms in total. The van der Waals surface area contributed by atoms with E-state index in [4.69, 9.17) is 9.47 Å². The number of anilines is 1. The van der Waals surface area contributed by atoms with Crippen LogP contribution in [0.3, 0.4) is 0 Å². The number of hydrogen-bond donors (Lipinski definition) is 3. The van der Waals surface area contributed by atoms with Gasteiger partial charge in [0.15, 0.2) is 0 Å². The van der Waals surface area contributed by atoms with Gasteiger partial charge in [0.05, 0.1) is 12.7 Å². The molecule has 2 amide bonds. The van der Waals surface area contributed by atoms with Crippen LogP contribution < -0.4 is 10.1 Å². The highest BCUT2D eigenvalue weighted by Crippen LogP contribution is 2.48. The number of aliphatic hydroxyl groups is 2. The summed E-state index contributed by atoms with van der Waals surface area (Å²) in [6.07, 6.45) is -2.29. The third-order valence-electron chi connectivity index (χ3n) is 7.09. The first kappa shape index (κ1) is 29.8. The van der Waals surface area contributed by atoms with Crippen molar-refractivity contribution in [2.45, 2.75) is 63.8 Å². The summed E-state index contributed by atoms with van der Waals surface area (Å²) in [4.78, 5) is 27.0. The summed E-state index contributed by atoms with van der Waals surface area (Å²) in [7, 11) is -1.86. The van der Waals surface area contributed by atoms with Gasteiger partial charge in [-0.05, 0) is 43.8 Å². The third kappa shape index (κ3) is 7.19. The molecule has 1 aliphatic rings. The van der Waals surface area contributed by atoms with Crippen molar-refractivity contribution in [3.05, 3.63) is 59.7 Å². The molecule has 0 aromatic heterocycles. The van der Waals surface area contributed by atoms with E-state index in [9.17, 15) is 19.8 Å². The van der Waals surface area contributed by atoms with Crippen molar-refractivity contribution in [2.75, 3.05) is 25.6 Å². The molecule has 5 atom stereocenters. The molecule has 2 aromatic carbocycles. The van der Waals surface area contributed by atoms with Gasteiger partial charge < -0.3 is 34.0 Å². The van der Waals surface area contributed by atoms with Gasteiger partial charge in [-0.2, -0.15) is 0 Å². The summed E-state index contributed by atoms with van der Waals surface area (Å²) in [5.41, 5.74) is 1.45. The number of carbonyl (C=O) groups excluding carboxylic acids is 2. The van der Waals surface area contributed by atoms with Gasteiger partial charge in [0.2, 0.25) is 14.3 Å². The van der Waals surface area contributed by atoms with Gasteiger partial charge in [0.25, 0.3) is 5.91 Å². The molecule has 3 rings (SSSR count). The Morgan fingerprint density at radius 1 is 1.21 bits per heavy atom. The summed E-state index contributed by atoms with van der Waals surface area (Å²) in [6, 6.07) is 14.6. The summed E-state index contributed by atoms with van der Waals surface area (Å²) >= 11 is 0. The highest BCUT2D eigenvalue weighted by Gasteiger charge is 2.48. The van der Waals surface area contributed by atoms with Gasteiger partial charge in [-0.15, -0.1) is 0 Å². The molecule has 1 unspecified atom stereocenters. The molecule has 3 N–H and O–H groups in total. The fraction of sp³-hybridized carbons (Fsp3) is 0.500. The molecule has 208 valence electrons. The predicted molar refractivity (Wildman–Crippen MR) is 146 cm³/mol. The molecule has 1 heterocycles. The van der Waals surface area contributed by atoms with E-state index in [-0.39, 0.29) is 31.4 Å². The van der Waals surface area contributed by atoms with Crippen LogP contribution in [0.4, 0.5) is 9.80 Å². The summed E-state index contributed by atoms with van der Waals surface area (Å²) in [6.45, 7) is 6.75. The smallest absolute Gasteiger partial charge is 0.252 e. The lowest BCUT2D eigenvalue weighted by molar-refractivity contribution is -0.133. The van der Waals surface area contributed by atoms with Gasteiger partial charge in [-0.3, -0.25) is 9.59 Å². The van der Waals surface area contributed by atoms with Crippen molar-refractivity contribution in [1.82, 2.24) is 4.90 Å². The van der Waals surface area contributed by atoms with Crippen LogP contribution in [-0.2, 0) is 20.9 Å². The molecule has 0 aliphatic carbocycles. The first-order chi connectivity index (χ1) is 18.0. The number of benzene rings is 2. The minimum absolute atomic E-state index is 0.0497. The molecular formula is C28H39FN2O6Si. The standard InChI is InChI=1S/C28H39FN2O6Si/c1-18-26(36-3)22-15-21(30-28(35)19(2)33)11-12-23(22)37-27(18)24(38(4,5)29)16-25(34)31(13-14-32)17-20-9-7-6-8-10-20/h6-12,15,18-19,24,26-27,32-33H,13-14,16-17H2,1-5H3,(H,30,35)/t18-,19+,24?,26-,27-/m1/s1. The highest BCUT2D eigenvalue weighted by atomic mass is 28.4. The fourth-order valence-electron chi connectivity index (χ4n) is 4.99. The van der Waals surface area contributed by atoms with Crippen molar-refractivity contribution in [3.63, 3.8) is 0 Å². The number of rotatable bonds is 11.